The molecule has 0 saturated heterocycles. The van der Waals surface area contributed by atoms with Crippen molar-refractivity contribution in [1.82, 2.24) is 5.32 Å². The highest BCUT2D eigenvalue weighted by molar-refractivity contribution is 5.20. The standard InChI is InChI=1S/C13H17F2NO2/c14-10-3-2-9(6-11(10)15)12(17)7-16-8-13(18)4-1-5-13/h2-3,6,12,16-18H,1,4-5,7-8H2. The molecule has 0 spiro atoms. The van der Waals surface area contributed by atoms with E-state index in [1.807, 2.05) is 0 Å². The van der Waals surface area contributed by atoms with Gasteiger partial charge in [0.1, 0.15) is 0 Å². The van der Waals surface area contributed by atoms with Crippen molar-refractivity contribution < 1.29 is 19.0 Å². The first-order chi connectivity index (χ1) is 8.50. The second-order valence-electron chi connectivity index (χ2n) is 4.90. The average Bonchev–Trinajstić information content (AvgIpc) is 2.30. The van der Waals surface area contributed by atoms with E-state index in [1.54, 1.807) is 0 Å². The van der Waals surface area contributed by atoms with Gasteiger partial charge in [-0.2, -0.15) is 0 Å². The van der Waals surface area contributed by atoms with Crippen molar-refractivity contribution in [3.05, 3.63) is 35.4 Å². The molecule has 1 aromatic rings. The van der Waals surface area contributed by atoms with Gasteiger partial charge in [0.2, 0.25) is 0 Å². The minimum absolute atomic E-state index is 0.202. The Morgan fingerprint density at radius 1 is 1.28 bits per heavy atom. The molecule has 0 radical (unpaired) electrons. The Kier molecular flexibility index (Phi) is 3.94. The fourth-order valence-electron chi connectivity index (χ4n) is 2.04. The molecular formula is C13H17F2NO2. The Morgan fingerprint density at radius 3 is 2.56 bits per heavy atom. The van der Waals surface area contributed by atoms with Crippen LogP contribution in [0.4, 0.5) is 8.78 Å². The molecule has 3 nitrogen and oxygen atoms in total. The van der Waals surface area contributed by atoms with Crippen molar-refractivity contribution in [3.63, 3.8) is 0 Å². The van der Waals surface area contributed by atoms with Crippen molar-refractivity contribution in [1.29, 1.82) is 0 Å². The monoisotopic (exact) mass is 257 g/mol. The van der Waals surface area contributed by atoms with E-state index in [2.05, 4.69) is 5.32 Å². The molecular weight excluding hydrogens is 240 g/mol. The van der Waals surface area contributed by atoms with Gasteiger partial charge in [-0.1, -0.05) is 6.07 Å². The van der Waals surface area contributed by atoms with E-state index in [0.29, 0.717) is 12.1 Å². The zero-order valence-electron chi connectivity index (χ0n) is 10.00. The van der Waals surface area contributed by atoms with E-state index in [9.17, 15) is 19.0 Å². The summed E-state index contributed by atoms with van der Waals surface area (Å²) in [6.07, 6.45) is 1.63. The molecule has 0 heterocycles. The minimum Gasteiger partial charge on any atom is -0.389 e. The third-order valence-electron chi connectivity index (χ3n) is 3.40. The van der Waals surface area contributed by atoms with Crippen LogP contribution in [0.15, 0.2) is 18.2 Å². The number of halogens is 2. The van der Waals surface area contributed by atoms with Crippen LogP contribution in [0.5, 0.6) is 0 Å². The molecule has 1 atom stereocenters. The van der Waals surface area contributed by atoms with Gasteiger partial charge in [0, 0.05) is 13.1 Å². The Bertz CT molecular complexity index is 421. The van der Waals surface area contributed by atoms with E-state index in [-0.39, 0.29) is 6.54 Å². The van der Waals surface area contributed by atoms with Gasteiger partial charge in [0.05, 0.1) is 11.7 Å². The van der Waals surface area contributed by atoms with Crippen molar-refractivity contribution in [2.24, 2.45) is 0 Å². The second kappa shape index (κ2) is 5.30. The lowest BCUT2D eigenvalue weighted by molar-refractivity contribution is -0.0328. The lowest BCUT2D eigenvalue weighted by Crippen LogP contribution is -2.47. The van der Waals surface area contributed by atoms with Gasteiger partial charge < -0.3 is 15.5 Å². The maximum atomic E-state index is 13.0. The molecule has 1 saturated carbocycles. The molecule has 1 aliphatic carbocycles. The molecule has 18 heavy (non-hydrogen) atoms. The first kappa shape index (κ1) is 13.4. The predicted molar refractivity (Wildman–Crippen MR) is 63.0 cm³/mol. The van der Waals surface area contributed by atoms with Crippen LogP contribution >= 0.6 is 0 Å². The van der Waals surface area contributed by atoms with Crippen molar-refractivity contribution in [2.45, 2.75) is 31.0 Å². The SMILES string of the molecule is OC(CNCC1(O)CCC1)c1ccc(F)c(F)c1. The van der Waals surface area contributed by atoms with Crippen molar-refractivity contribution >= 4 is 0 Å². The summed E-state index contributed by atoms with van der Waals surface area (Å²) in [5.41, 5.74) is -0.338. The van der Waals surface area contributed by atoms with Gasteiger partial charge in [0.15, 0.2) is 11.6 Å². The Morgan fingerprint density at radius 2 is 2.00 bits per heavy atom. The second-order valence-corrected chi connectivity index (χ2v) is 4.90. The minimum atomic E-state index is -0.968. The molecule has 2 rings (SSSR count). The predicted octanol–water partition coefficient (Wildman–Crippen LogP) is 1.50. The number of aliphatic hydroxyl groups excluding tert-OH is 1. The Hall–Kier alpha value is -1.04. The molecule has 100 valence electrons. The molecule has 0 amide bonds. The summed E-state index contributed by atoms with van der Waals surface area (Å²) in [6, 6.07) is 3.33. The maximum Gasteiger partial charge on any atom is 0.159 e. The van der Waals surface area contributed by atoms with Crippen LogP contribution in [0.25, 0.3) is 0 Å². The van der Waals surface area contributed by atoms with Crippen LogP contribution in [0.1, 0.15) is 30.9 Å². The normalized spacial score (nSPS) is 19.3. The molecule has 5 heteroatoms. The van der Waals surface area contributed by atoms with Gasteiger partial charge in [-0.15, -0.1) is 0 Å². The molecule has 0 aromatic heterocycles. The molecule has 1 fully saturated rings. The molecule has 1 aromatic carbocycles. The first-order valence-electron chi connectivity index (χ1n) is 6.06. The topological polar surface area (TPSA) is 52.5 Å². The summed E-state index contributed by atoms with van der Waals surface area (Å²) in [5.74, 6) is -1.90. The lowest BCUT2D eigenvalue weighted by atomic mass is 9.80. The largest absolute Gasteiger partial charge is 0.389 e. The average molecular weight is 257 g/mol. The summed E-state index contributed by atoms with van der Waals surface area (Å²) < 4.78 is 25.7. The highest BCUT2D eigenvalue weighted by Crippen LogP contribution is 2.30. The van der Waals surface area contributed by atoms with E-state index in [1.165, 1.54) is 6.07 Å². The fraction of sp³-hybridized carbons (Fsp3) is 0.538. The third-order valence-corrected chi connectivity index (χ3v) is 3.40. The van der Waals surface area contributed by atoms with E-state index in [4.69, 9.17) is 0 Å². The van der Waals surface area contributed by atoms with Gasteiger partial charge in [-0.25, -0.2) is 8.78 Å². The molecule has 3 N–H and O–H groups in total. The van der Waals surface area contributed by atoms with Crippen LogP contribution in [0.3, 0.4) is 0 Å². The van der Waals surface area contributed by atoms with E-state index < -0.39 is 23.3 Å². The quantitative estimate of drug-likeness (QED) is 0.749. The summed E-state index contributed by atoms with van der Waals surface area (Å²) in [6.45, 7) is 0.612. The van der Waals surface area contributed by atoms with Crippen LogP contribution in [0.2, 0.25) is 0 Å². The fourth-order valence-corrected chi connectivity index (χ4v) is 2.04. The summed E-state index contributed by atoms with van der Waals surface area (Å²) in [4.78, 5) is 0. The zero-order chi connectivity index (χ0) is 13.2. The van der Waals surface area contributed by atoms with Crippen molar-refractivity contribution in [2.75, 3.05) is 13.1 Å². The number of hydrogen-bond acceptors (Lipinski definition) is 3. The number of benzene rings is 1. The summed E-state index contributed by atoms with van der Waals surface area (Å²) >= 11 is 0. The van der Waals surface area contributed by atoms with Crippen LogP contribution < -0.4 is 5.32 Å². The third kappa shape index (κ3) is 3.04. The molecule has 0 aliphatic heterocycles. The Labute approximate surface area is 104 Å². The lowest BCUT2D eigenvalue weighted by Gasteiger charge is -2.37. The summed E-state index contributed by atoms with van der Waals surface area (Å²) in [5, 5.41) is 22.6. The zero-order valence-corrected chi connectivity index (χ0v) is 10.00. The van der Waals surface area contributed by atoms with Crippen LogP contribution in [-0.2, 0) is 0 Å². The summed E-state index contributed by atoms with van der Waals surface area (Å²) in [7, 11) is 0. The van der Waals surface area contributed by atoms with Crippen LogP contribution in [-0.4, -0.2) is 28.9 Å². The molecule has 1 unspecified atom stereocenters. The molecule has 0 bridgehead atoms. The number of nitrogens with one attached hydrogen (secondary N) is 1. The van der Waals surface area contributed by atoms with E-state index in [0.717, 1.165) is 31.4 Å². The first-order valence-corrected chi connectivity index (χ1v) is 6.06. The van der Waals surface area contributed by atoms with E-state index >= 15 is 0 Å². The Balaban J connectivity index is 1.83. The maximum absolute atomic E-state index is 13.0. The highest BCUT2D eigenvalue weighted by atomic mass is 19.2. The van der Waals surface area contributed by atoms with Crippen molar-refractivity contribution in [3.8, 4) is 0 Å². The number of aliphatic hydroxyl groups is 2. The number of rotatable bonds is 5. The van der Waals surface area contributed by atoms with Gasteiger partial charge in [0.25, 0.3) is 0 Å². The number of hydrogen-bond donors (Lipinski definition) is 3. The van der Waals surface area contributed by atoms with Crippen LogP contribution in [0, 0.1) is 11.6 Å². The van der Waals surface area contributed by atoms with Gasteiger partial charge >= 0.3 is 0 Å². The molecule has 1 aliphatic rings. The smallest absolute Gasteiger partial charge is 0.159 e. The van der Waals surface area contributed by atoms with Gasteiger partial charge in [-0.05, 0) is 37.0 Å². The highest BCUT2D eigenvalue weighted by Gasteiger charge is 2.33. The van der Waals surface area contributed by atoms with Gasteiger partial charge in [-0.3, -0.25) is 0 Å².